The molecular weight excluding hydrogens is 526 g/mol. The molecule has 0 aromatic heterocycles. The summed E-state index contributed by atoms with van der Waals surface area (Å²) < 4.78 is 47.3. The van der Waals surface area contributed by atoms with Gasteiger partial charge in [-0.2, -0.15) is 13.2 Å². The van der Waals surface area contributed by atoms with Crippen LogP contribution in [-0.2, 0) is 17.4 Å². The number of hydrogen-bond donors (Lipinski definition) is 0. The van der Waals surface area contributed by atoms with Gasteiger partial charge in [-0.05, 0) is 116 Å². The Kier molecular flexibility index (Phi) is 8.44. The minimum atomic E-state index is -4.35. The molecular formula is C32H37F3NNaO3. The summed E-state index contributed by atoms with van der Waals surface area (Å²) in [7, 11) is 0. The van der Waals surface area contributed by atoms with Crippen molar-refractivity contribution in [3.05, 3.63) is 64.2 Å². The van der Waals surface area contributed by atoms with E-state index in [9.17, 15) is 23.1 Å². The largest absolute Gasteiger partial charge is 1.00 e. The number of carboxylic acid groups (broad SMARTS) is 1. The van der Waals surface area contributed by atoms with Crippen molar-refractivity contribution in [3.63, 3.8) is 0 Å². The third-order valence-electron chi connectivity index (χ3n) is 9.83. The van der Waals surface area contributed by atoms with E-state index in [0.717, 1.165) is 92.5 Å². The van der Waals surface area contributed by atoms with E-state index >= 15 is 0 Å². The molecule has 3 atom stereocenters. The van der Waals surface area contributed by atoms with Crippen LogP contribution in [0.15, 0.2) is 36.4 Å². The number of alkyl halides is 3. The minimum absolute atomic E-state index is 0. The van der Waals surface area contributed by atoms with Gasteiger partial charge in [-0.25, -0.2) is 0 Å². The quantitative estimate of drug-likeness (QED) is 0.485. The van der Waals surface area contributed by atoms with Gasteiger partial charge < -0.3 is 14.6 Å². The molecule has 4 nitrogen and oxygen atoms in total. The molecule has 3 fully saturated rings. The first kappa shape index (κ1) is 29.9. The summed E-state index contributed by atoms with van der Waals surface area (Å²) in [4.78, 5) is 14.0. The van der Waals surface area contributed by atoms with Gasteiger partial charge in [0.2, 0.25) is 0 Å². The van der Waals surface area contributed by atoms with Crippen molar-refractivity contribution >= 4 is 5.97 Å². The van der Waals surface area contributed by atoms with Crippen molar-refractivity contribution in [3.8, 4) is 5.75 Å². The third kappa shape index (κ3) is 5.99. The van der Waals surface area contributed by atoms with E-state index in [1.165, 1.54) is 12.1 Å². The van der Waals surface area contributed by atoms with Crippen LogP contribution in [0.3, 0.4) is 0 Å². The normalized spacial score (nSPS) is 22.9. The van der Waals surface area contributed by atoms with Crippen molar-refractivity contribution < 1.29 is 57.4 Å². The average molecular weight is 564 g/mol. The molecule has 2 aliphatic carbocycles. The molecule has 0 radical (unpaired) electrons. The summed E-state index contributed by atoms with van der Waals surface area (Å²) in [5.74, 6) is 0.0215. The van der Waals surface area contributed by atoms with Crippen molar-refractivity contribution in [1.82, 2.24) is 4.90 Å². The van der Waals surface area contributed by atoms with Crippen molar-refractivity contribution in [2.24, 2.45) is 11.8 Å². The average Bonchev–Trinajstić information content (AvgIpc) is 3.82. The number of carbonyl (C=O) groups is 1. The molecule has 2 aliphatic heterocycles. The van der Waals surface area contributed by atoms with Gasteiger partial charge in [0.25, 0.3) is 0 Å². The van der Waals surface area contributed by atoms with Crippen molar-refractivity contribution in [2.75, 3.05) is 13.1 Å². The van der Waals surface area contributed by atoms with E-state index in [-0.39, 0.29) is 47.1 Å². The Balaban J connectivity index is 0.00000323. The summed E-state index contributed by atoms with van der Waals surface area (Å²) in [6, 6.07) is 10.5. The van der Waals surface area contributed by atoms with E-state index in [1.54, 1.807) is 13.0 Å². The Bertz CT molecular complexity index is 1250. The first-order valence-corrected chi connectivity index (χ1v) is 14.5. The van der Waals surface area contributed by atoms with Gasteiger partial charge in [0.1, 0.15) is 11.4 Å². The second-order valence-corrected chi connectivity index (χ2v) is 12.5. The molecule has 4 aliphatic rings. The van der Waals surface area contributed by atoms with E-state index in [2.05, 4.69) is 23.1 Å². The zero-order valence-electron chi connectivity index (χ0n) is 23.7. The van der Waals surface area contributed by atoms with Gasteiger partial charge in [0.15, 0.2) is 0 Å². The van der Waals surface area contributed by atoms with Gasteiger partial charge in [0, 0.05) is 31.0 Å². The molecule has 40 heavy (non-hydrogen) atoms. The number of hydrogen-bond acceptors (Lipinski definition) is 4. The van der Waals surface area contributed by atoms with E-state index in [1.807, 2.05) is 6.92 Å². The van der Waals surface area contributed by atoms with Crippen LogP contribution in [0.5, 0.6) is 5.75 Å². The number of likely N-dealkylation sites (tertiary alicyclic amines) is 1. The fourth-order valence-electron chi connectivity index (χ4n) is 7.04. The fourth-order valence-corrected chi connectivity index (χ4v) is 7.04. The summed E-state index contributed by atoms with van der Waals surface area (Å²) in [6.45, 7) is 5.32. The Morgan fingerprint density at radius 3 is 2.33 bits per heavy atom. The Labute approximate surface area is 257 Å². The van der Waals surface area contributed by atoms with E-state index < -0.39 is 23.6 Å². The van der Waals surface area contributed by atoms with Gasteiger partial charge in [0.05, 0.1) is 5.56 Å². The number of ether oxygens (including phenoxy) is 1. The molecule has 2 aromatic rings. The fraction of sp³-hybridized carbons (Fsp3) is 0.594. The number of benzene rings is 2. The zero-order chi connectivity index (χ0) is 27.5. The topological polar surface area (TPSA) is 52.6 Å². The van der Waals surface area contributed by atoms with Crippen LogP contribution < -0.4 is 39.4 Å². The number of aryl methyl sites for hydroxylation is 1. The molecule has 1 unspecified atom stereocenters. The summed E-state index contributed by atoms with van der Waals surface area (Å²) in [5, 5.41) is 11.7. The predicted octanol–water partition coefficient (Wildman–Crippen LogP) is 3.39. The second kappa shape index (κ2) is 11.3. The monoisotopic (exact) mass is 563 g/mol. The molecule has 2 saturated carbocycles. The Hall–Kier alpha value is -1.54. The van der Waals surface area contributed by atoms with Crippen LogP contribution >= 0.6 is 0 Å². The first-order chi connectivity index (χ1) is 18.5. The maximum absolute atomic E-state index is 13.5. The summed E-state index contributed by atoms with van der Waals surface area (Å²) in [6.07, 6.45) is 3.32. The Morgan fingerprint density at radius 1 is 1.02 bits per heavy atom. The third-order valence-corrected chi connectivity index (χ3v) is 9.83. The first-order valence-electron chi connectivity index (χ1n) is 14.5. The maximum Gasteiger partial charge on any atom is 1.00 e. The zero-order valence-corrected chi connectivity index (χ0v) is 25.7. The van der Waals surface area contributed by atoms with Gasteiger partial charge in [-0.3, -0.25) is 4.90 Å². The molecule has 6 rings (SSSR count). The molecule has 1 spiro atoms. The number of rotatable bonds is 7. The van der Waals surface area contributed by atoms with Crippen LogP contribution in [-0.4, -0.2) is 29.6 Å². The number of carbonyl (C=O) groups excluding carboxylic acids is 1. The number of aliphatic carboxylic acids is 1. The summed E-state index contributed by atoms with van der Waals surface area (Å²) >= 11 is 0. The van der Waals surface area contributed by atoms with E-state index in [4.69, 9.17) is 4.74 Å². The van der Waals surface area contributed by atoms with Gasteiger partial charge in [-0.15, -0.1) is 0 Å². The van der Waals surface area contributed by atoms with Gasteiger partial charge >= 0.3 is 35.7 Å². The molecule has 2 aromatic carbocycles. The minimum Gasteiger partial charge on any atom is -0.550 e. The smallest absolute Gasteiger partial charge is 0.550 e. The van der Waals surface area contributed by atoms with Gasteiger partial charge in [-0.1, -0.05) is 25.1 Å². The van der Waals surface area contributed by atoms with Crippen LogP contribution in [0, 0.1) is 11.8 Å². The standard InChI is InChI=1S/C32H38F3NO3.Na/c1-19(30(37)38)29(23-6-7-23)24-8-5-22-11-12-31(39-28(22)17-24)13-15-36(16-14-31)20(2)27-18-25(32(33,34)35)9-10-26(27)21-3-4-21;/h5,8-10,17-21,23,29H,3-4,6-7,11-16H2,1-2H3,(H,37,38);/q;+1/p-1/t19-,20?,29-;/m0./s1. The van der Waals surface area contributed by atoms with Crippen molar-refractivity contribution in [1.29, 1.82) is 0 Å². The molecule has 0 amide bonds. The van der Waals surface area contributed by atoms with Crippen LogP contribution in [0.1, 0.15) is 104 Å². The van der Waals surface area contributed by atoms with Crippen LogP contribution in [0.25, 0.3) is 0 Å². The Morgan fingerprint density at radius 2 is 1.73 bits per heavy atom. The molecule has 2 heterocycles. The number of halogens is 3. The molecule has 0 bridgehead atoms. The number of carboxylic acids is 1. The SMILES string of the molecule is CC(c1cc(C(F)(F)F)ccc1C1CC1)N1CCC2(CCc3ccc([C@H](C4CC4)[C@H](C)C(=O)[O-])cc3O2)CC1.[Na+]. The number of piperidine rings is 1. The molecule has 8 heteroatoms. The number of nitrogens with zero attached hydrogens (tertiary/aromatic N) is 1. The van der Waals surface area contributed by atoms with E-state index in [0.29, 0.717) is 11.8 Å². The molecule has 0 N–H and O–H groups in total. The van der Waals surface area contributed by atoms with Crippen molar-refractivity contribution in [2.45, 2.75) is 94.9 Å². The predicted molar refractivity (Wildman–Crippen MR) is 140 cm³/mol. The second-order valence-electron chi connectivity index (χ2n) is 12.5. The molecule has 210 valence electrons. The summed E-state index contributed by atoms with van der Waals surface area (Å²) in [5.41, 5.74) is 3.22. The maximum atomic E-state index is 13.5. The van der Waals surface area contributed by atoms with Crippen LogP contribution in [0.2, 0.25) is 0 Å². The van der Waals surface area contributed by atoms with Crippen LogP contribution in [0.4, 0.5) is 13.2 Å². The molecule has 1 saturated heterocycles. The number of fused-ring (bicyclic) bond motifs is 1.